The quantitative estimate of drug-likeness (QED) is 0.520. The van der Waals surface area contributed by atoms with Crippen LogP contribution in [0.2, 0.25) is 0 Å². The third-order valence-corrected chi connectivity index (χ3v) is 3.03. The highest BCUT2D eigenvalue weighted by Gasteiger charge is 2.39. The summed E-state index contributed by atoms with van der Waals surface area (Å²) in [4.78, 5) is 15.7. The predicted molar refractivity (Wildman–Crippen MR) is 46.8 cm³/mol. The van der Waals surface area contributed by atoms with Gasteiger partial charge in [0.15, 0.2) is 0 Å². The molecule has 0 aromatic heterocycles. The Morgan fingerprint density at radius 3 is 2.17 bits per heavy atom. The highest BCUT2D eigenvalue weighted by Crippen LogP contribution is 2.29. The summed E-state index contributed by atoms with van der Waals surface area (Å²) in [6.07, 6.45) is 2.41. The molecule has 3 heteroatoms. The van der Waals surface area contributed by atoms with Crippen LogP contribution in [0.25, 0.3) is 0 Å². The molecular weight excluding hydrogens is 152 g/mol. The van der Waals surface area contributed by atoms with Crippen LogP contribution in [0.3, 0.4) is 0 Å². The van der Waals surface area contributed by atoms with E-state index in [1.807, 2.05) is 0 Å². The number of fused-ring (bicyclic) bond motifs is 2. The minimum atomic E-state index is 0.260. The number of hydrogen-bond acceptors (Lipinski definition) is 2. The van der Waals surface area contributed by atoms with E-state index in [2.05, 4.69) is 16.8 Å². The molecule has 2 rings (SSSR count). The molecular formula is C9H16N2O. The number of nitrogens with zero attached hydrogens (tertiary/aromatic N) is 2. The zero-order chi connectivity index (χ0) is 8.72. The molecule has 12 heavy (non-hydrogen) atoms. The van der Waals surface area contributed by atoms with Crippen LogP contribution in [0.5, 0.6) is 0 Å². The van der Waals surface area contributed by atoms with Gasteiger partial charge in [-0.2, -0.15) is 0 Å². The van der Waals surface area contributed by atoms with E-state index in [1.165, 1.54) is 12.8 Å². The number of likely N-dealkylation sites (tertiary alicyclic amines) is 1. The van der Waals surface area contributed by atoms with Crippen molar-refractivity contribution in [3.63, 3.8) is 0 Å². The van der Waals surface area contributed by atoms with E-state index in [0.29, 0.717) is 12.1 Å². The molecule has 0 N–H and O–H groups in total. The van der Waals surface area contributed by atoms with Gasteiger partial charge >= 0.3 is 0 Å². The van der Waals surface area contributed by atoms with E-state index in [1.54, 1.807) is 6.92 Å². The fourth-order valence-corrected chi connectivity index (χ4v) is 2.63. The molecule has 0 aromatic carbocycles. The van der Waals surface area contributed by atoms with Gasteiger partial charge in [0.05, 0.1) is 0 Å². The Bertz CT molecular complexity index is 191. The van der Waals surface area contributed by atoms with Crippen molar-refractivity contribution in [2.75, 3.05) is 20.1 Å². The van der Waals surface area contributed by atoms with Crippen molar-refractivity contribution in [3.05, 3.63) is 0 Å². The Hall–Kier alpha value is -0.570. The van der Waals surface area contributed by atoms with E-state index < -0.39 is 0 Å². The fourth-order valence-electron chi connectivity index (χ4n) is 2.63. The first kappa shape index (κ1) is 8.05. The van der Waals surface area contributed by atoms with E-state index in [0.717, 1.165) is 13.1 Å². The minimum absolute atomic E-state index is 0.260. The van der Waals surface area contributed by atoms with Gasteiger partial charge in [-0.1, -0.05) is 0 Å². The van der Waals surface area contributed by atoms with Crippen LogP contribution in [0.1, 0.15) is 19.8 Å². The molecule has 2 fully saturated rings. The Morgan fingerprint density at radius 2 is 1.75 bits per heavy atom. The topological polar surface area (TPSA) is 23.6 Å². The van der Waals surface area contributed by atoms with Gasteiger partial charge in [-0.25, -0.2) is 0 Å². The number of piperazine rings is 1. The second-order valence-electron chi connectivity index (χ2n) is 4.03. The van der Waals surface area contributed by atoms with E-state index in [-0.39, 0.29) is 5.91 Å². The van der Waals surface area contributed by atoms with Crippen LogP contribution in [0.15, 0.2) is 0 Å². The van der Waals surface area contributed by atoms with Crippen molar-refractivity contribution < 1.29 is 4.79 Å². The van der Waals surface area contributed by atoms with Crippen molar-refractivity contribution in [2.24, 2.45) is 0 Å². The standard InChI is InChI=1S/C9H16N2O/c1-7(12)11-8-3-4-9(11)6-10(2)5-8/h8-9H,3-6H2,1-2H3/t8-,9+. The molecule has 0 saturated carbocycles. The summed E-state index contributed by atoms with van der Waals surface area (Å²) in [5.41, 5.74) is 0. The number of carbonyl (C=O) groups is 1. The van der Waals surface area contributed by atoms with Gasteiger partial charge in [-0.3, -0.25) is 4.79 Å². The molecule has 0 radical (unpaired) electrons. The monoisotopic (exact) mass is 168 g/mol. The summed E-state index contributed by atoms with van der Waals surface area (Å²) in [5.74, 6) is 0.260. The summed E-state index contributed by atoms with van der Waals surface area (Å²) in [7, 11) is 2.14. The Kier molecular flexibility index (Phi) is 1.83. The van der Waals surface area contributed by atoms with Gasteiger partial charge in [0.2, 0.25) is 5.91 Å². The lowest BCUT2D eigenvalue weighted by Gasteiger charge is -2.38. The summed E-state index contributed by atoms with van der Waals surface area (Å²) >= 11 is 0. The van der Waals surface area contributed by atoms with Crippen LogP contribution in [-0.4, -0.2) is 47.9 Å². The highest BCUT2D eigenvalue weighted by atomic mass is 16.2. The number of hydrogen-bond donors (Lipinski definition) is 0. The van der Waals surface area contributed by atoms with Gasteiger partial charge in [0.1, 0.15) is 0 Å². The fraction of sp³-hybridized carbons (Fsp3) is 0.889. The van der Waals surface area contributed by atoms with Gasteiger partial charge in [-0.15, -0.1) is 0 Å². The summed E-state index contributed by atoms with van der Waals surface area (Å²) in [6.45, 7) is 3.82. The van der Waals surface area contributed by atoms with Gasteiger partial charge < -0.3 is 9.80 Å². The lowest BCUT2D eigenvalue weighted by molar-refractivity contribution is -0.134. The summed E-state index contributed by atoms with van der Waals surface area (Å²) in [6, 6.07) is 1.01. The van der Waals surface area contributed by atoms with Crippen molar-refractivity contribution in [1.82, 2.24) is 9.80 Å². The van der Waals surface area contributed by atoms with Crippen LogP contribution in [0.4, 0.5) is 0 Å². The van der Waals surface area contributed by atoms with E-state index >= 15 is 0 Å². The maximum atomic E-state index is 11.3. The largest absolute Gasteiger partial charge is 0.334 e. The van der Waals surface area contributed by atoms with Gasteiger partial charge in [-0.05, 0) is 19.9 Å². The van der Waals surface area contributed by atoms with Crippen LogP contribution >= 0.6 is 0 Å². The van der Waals surface area contributed by atoms with Crippen molar-refractivity contribution in [1.29, 1.82) is 0 Å². The Balaban J connectivity index is 2.14. The maximum absolute atomic E-state index is 11.3. The lowest BCUT2D eigenvalue weighted by atomic mass is 10.2. The zero-order valence-electron chi connectivity index (χ0n) is 7.79. The molecule has 2 heterocycles. The molecule has 0 unspecified atom stereocenters. The van der Waals surface area contributed by atoms with E-state index in [4.69, 9.17) is 0 Å². The number of amides is 1. The maximum Gasteiger partial charge on any atom is 0.220 e. The average molecular weight is 168 g/mol. The molecule has 2 atom stereocenters. The SMILES string of the molecule is CC(=O)N1[C@@H]2CC[C@H]1CN(C)C2. The van der Waals surface area contributed by atoms with Crippen molar-refractivity contribution in [2.45, 2.75) is 31.8 Å². The first-order chi connectivity index (χ1) is 5.68. The molecule has 2 aliphatic rings. The van der Waals surface area contributed by atoms with Gasteiger partial charge in [0.25, 0.3) is 0 Å². The minimum Gasteiger partial charge on any atom is -0.334 e. The summed E-state index contributed by atoms with van der Waals surface area (Å²) < 4.78 is 0. The molecule has 0 spiro atoms. The normalized spacial score (nSPS) is 35.7. The number of rotatable bonds is 0. The second kappa shape index (κ2) is 2.73. The van der Waals surface area contributed by atoms with Crippen molar-refractivity contribution in [3.8, 4) is 0 Å². The lowest BCUT2D eigenvalue weighted by Crippen LogP contribution is -2.53. The van der Waals surface area contributed by atoms with Crippen LogP contribution in [-0.2, 0) is 4.79 Å². The number of carbonyl (C=O) groups excluding carboxylic acids is 1. The summed E-state index contributed by atoms with van der Waals surface area (Å²) in [5, 5.41) is 0. The van der Waals surface area contributed by atoms with Crippen molar-refractivity contribution >= 4 is 5.91 Å². The first-order valence-corrected chi connectivity index (χ1v) is 4.66. The molecule has 2 bridgehead atoms. The zero-order valence-corrected chi connectivity index (χ0v) is 7.79. The second-order valence-corrected chi connectivity index (χ2v) is 4.03. The average Bonchev–Trinajstić information content (AvgIpc) is 2.24. The molecule has 2 aliphatic heterocycles. The smallest absolute Gasteiger partial charge is 0.220 e. The highest BCUT2D eigenvalue weighted by molar-refractivity contribution is 5.74. The van der Waals surface area contributed by atoms with E-state index in [9.17, 15) is 4.79 Å². The third-order valence-electron chi connectivity index (χ3n) is 3.03. The molecule has 2 saturated heterocycles. The predicted octanol–water partition coefficient (Wildman–Crippen LogP) is 0.311. The molecule has 0 aliphatic carbocycles. The first-order valence-electron chi connectivity index (χ1n) is 4.66. The Morgan fingerprint density at radius 1 is 1.25 bits per heavy atom. The Labute approximate surface area is 73.3 Å². The molecule has 68 valence electrons. The molecule has 0 aromatic rings. The third kappa shape index (κ3) is 1.12. The molecule has 1 amide bonds. The van der Waals surface area contributed by atoms with Crippen LogP contribution in [0, 0.1) is 0 Å². The van der Waals surface area contributed by atoms with Gasteiger partial charge in [0, 0.05) is 32.1 Å². The molecule has 3 nitrogen and oxygen atoms in total. The number of likely N-dealkylation sites (N-methyl/N-ethyl adjacent to an activating group) is 1. The van der Waals surface area contributed by atoms with Crippen LogP contribution < -0.4 is 0 Å².